The Morgan fingerprint density at radius 3 is 2.93 bits per heavy atom. The standard InChI is InChI=1S/C12H20N2S/c13-11(7-12-8-14-9-15-12)6-5-10-3-1-2-4-10/h8-11H,1-7,13H2. The monoisotopic (exact) mass is 224 g/mol. The van der Waals surface area contributed by atoms with Crippen molar-refractivity contribution >= 4 is 11.3 Å². The summed E-state index contributed by atoms with van der Waals surface area (Å²) in [5, 5.41) is 0. The van der Waals surface area contributed by atoms with E-state index in [4.69, 9.17) is 5.73 Å². The Morgan fingerprint density at radius 1 is 1.47 bits per heavy atom. The van der Waals surface area contributed by atoms with Crippen LogP contribution in [0.2, 0.25) is 0 Å². The number of nitrogens with zero attached hydrogens (tertiary/aromatic N) is 1. The molecule has 1 saturated carbocycles. The highest BCUT2D eigenvalue weighted by Gasteiger charge is 2.16. The second-order valence-corrected chi connectivity index (χ2v) is 5.63. The van der Waals surface area contributed by atoms with E-state index in [1.54, 1.807) is 11.3 Å². The van der Waals surface area contributed by atoms with Gasteiger partial charge in [-0.15, -0.1) is 11.3 Å². The van der Waals surface area contributed by atoms with Gasteiger partial charge in [-0.25, -0.2) is 0 Å². The van der Waals surface area contributed by atoms with Crippen LogP contribution in [0.4, 0.5) is 0 Å². The molecular weight excluding hydrogens is 204 g/mol. The molecule has 0 bridgehead atoms. The normalized spacial score (nSPS) is 19.5. The van der Waals surface area contributed by atoms with Crippen LogP contribution in [0, 0.1) is 5.92 Å². The zero-order valence-electron chi connectivity index (χ0n) is 9.19. The van der Waals surface area contributed by atoms with E-state index in [9.17, 15) is 0 Å². The molecule has 3 heteroatoms. The van der Waals surface area contributed by atoms with Crippen molar-refractivity contribution in [2.75, 3.05) is 0 Å². The molecule has 84 valence electrons. The van der Waals surface area contributed by atoms with Crippen LogP contribution in [0.25, 0.3) is 0 Å². The van der Waals surface area contributed by atoms with E-state index >= 15 is 0 Å². The predicted molar refractivity (Wildman–Crippen MR) is 65.0 cm³/mol. The van der Waals surface area contributed by atoms with Crippen molar-refractivity contribution in [3.8, 4) is 0 Å². The van der Waals surface area contributed by atoms with Crippen molar-refractivity contribution in [3.63, 3.8) is 0 Å². The maximum absolute atomic E-state index is 6.12. The first kappa shape index (κ1) is 11.1. The highest BCUT2D eigenvalue weighted by atomic mass is 32.1. The van der Waals surface area contributed by atoms with Gasteiger partial charge in [-0.3, -0.25) is 4.98 Å². The molecule has 1 atom stereocenters. The minimum Gasteiger partial charge on any atom is -0.327 e. The molecule has 1 fully saturated rings. The predicted octanol–water partition coefficient (Wildman–Crippen LogP) is 2.98. The lowest BCUT2D eigenvalue weighted by atomic mass is 9.97. The van der Waals surface area contributed by atoms with Crippen molar-refractivity contribution < 1.29 is 0 Å². The molecule has 1 aromatic rings. The third-order valence-electron chi connectivity index (χ3n) is 3.37. The number of nitrogens with two attached hydrogens (primary N) is 1. The van der Waals surface area contributed by atoms with Gasteiger partial charge in [-0.1, -0.05) is 25.7 Å². The molecule has 0 amide bonds. The van der Waals surface area contributed by atoms with Gasteiger partial charge in [0.2, 0.25) is 0 Å². The van der Waals surface area contributed by atoms with E-state index in [2.05, 4.69) is 4.98 Å². The minimum absolute atomic E-state index is 0.339. The maximum Gasteiger partial charge on any atom is 0.0794 e. The lowest BCUT2D eigenvalue weighted by Crippen LogP contribution is -2.23. The van der Waals surface area contributed by atoms with Gasteiger partial charge in [0.1, 0.15) is 0 Å². The average Bonchev–Trinajstić information content (AvgIpc) is 2.86. The van der Waals surface area contributed by atoms with E-state index in [0.29, 0.717) is 6.04 Å². The number of hydrogen-bond donors (Lipinski definition) is 1. The number of aromatic nitrogens is 1. The van der Waals surface area contributed by atoms with Gasteiger partial charge in [0.15, 0.2) is 0 Å². The Hall–Kier alpha value is -0.410. The highest BCUT2D eigenvalue weighted by Crippen LogP contribution is 2.29. The molecule has 2 rings (SSSR count). The first-order valence-corrected chi connectivity index (χ1v) is 6.85. The smallest absolute Gasteiger partial charge is 0.0794 e. The fraction of sp³-hybridized carbons (Fsp3) is 0.750. The van der Waals surface area contributed by atoms with Crippen LogP contribution >= 0.6 is 11.3 Å². The SMILES string of the molecule is NC(CCC1CCCC1)Cc1cncs1. The molecule has 0 aliphatic heterocycles. The van der Waals surface area contributed by atoms with Crippen molar-refractivity contribution in [1.29, 1.82) is 0 Å². The number of hydrogen-bond acceptors (Lipinski definition) is 3. The van der Waals surface area contributed by atoms with Crippen LogP contribution in [0.5, 0.6) is 0 Å². The van der Waals surface area contributed by atoms with Crippen LogP contribution in [-0.2, 0) is 6.42 Å². The fourth-order valence-electron chi connectivity index (χ4n) is 2.45. The van der Waals surface area contributed by atoms with E-state index in [0.717, 1.165) is 12.3 Å². The quantitative estimate of drug-likeness (QED) is 0.835. The van der Waals surface area contributed by atoms with Crippen LogP contribution in [0.15, 0.2) is 11.7 Å². The first-order chi connectivity index (χ1) is 7.34. The highest BCUT2D eigenvalue weighted by molar-refractivity contribution is 7.09. The summed E-state index contributed by atoms with van der Waals surface area (Å²) in [6, 6.07) is 0.339. The Balaban J connectivity index is 1.66. The van der Waals surface area contributed by atoms with Crippen molar-refractivity contribution in [2.45, 2.75) is 51.0 Å². The summed E-state index contributed by atoms with van der Waals surface area (Å²) in [7, 11) is 0. The summed E-state index contributed by atoms with van der Waals surface area (Å²) < 4.78 is 0. The summed E-state index contributed by atoms with van der Waals surface area (Å²) in [5.41, 5.74) is 8.01. The lowest BCUT2D eigenvalue weighted by Gasteiger charge is -2.13. The molecule has 1 aromatic heterocycles. The number of rotatable bonds is 5. The molecule has 1 aliphatic rings. The molecule has 0 spiro atoms. The Bertz CT molecular complexity index is 265. The fourth-order valence-corrected chi connectivity index (χ4v) is 3.14. The maximum atomic E-state index is 6.12. The molecule has 1 aliphatic carbocycles. The van der Waals surface area contributed by atoms with Crippen molar-refractivity contribution in [1.82, 2.24) is 4.98 Å². The molecule has 1 unspecified atom stereocenters. The van der Waals surface area contributed by atoms with Gasteiger partial charge in [0.05, 0.1) is 5.51 Å². The summed E-state index contributed by atoms with van der Waals surface area (Å²) in [6.07, 6.45) is 11.2. The van der Waals surface area contributed by atoms with Gasteiger partial charge in [0, 0.05) is 17.1 Å². The van der Waals surface area contributed by atoms with E-state index in [-0.39, 0.29) is 0 Å². The zero-order valence-corrected chi connectivity index (χ0v) is 10.0. The van der Waals surface area contributed by atoms with E-state index in [1.807, 2.05) is 11.7 Å². The van der Waals surface area contributed by atoms with Crippen molar-refractivity contribution in [3.05, 3.63) is 16.6 Å². The zero-order chi connectivity index (χ0) is 10.5. The molecule has 0 saturated heterocycles. The molecule has 2 N–H and O–H groups in total. The Morgan fingerprint density at radius 2 is 2.27 bits per heavy atom. The van der Waals surface area contributed by atoms with Gasteiger partial charge in [-0.05, 0) is 25.2 Å². The molecular formula is C12H20N2S. The third kappa shape index (κ3) is 3.58. The van der Waals surface area contributed by atoms with Gasteiger partial charge in [-0.2, -0.15) is 0 Å². The van der Waals surface area contributed by atoms with E-state index in [1.165, 1.54) is 43.4 Å². The lowest BCUT2D eigenvalue weighted by molar-refractivity contribution is 0.448. The van der Waals surface area contributed by atoms with Crippen molar-refractivity contribution in [2.24, 2.45) is 11.7 Å². The Labute approximate surface area is 95.9 Å². The van der Waals surface area contributed by atoms with E-state index < -0.39 is 0 Å². The van der Waals surface area contributed by atoms with Gasteiger partial charge < -0.3 is 5.73 Å². The average molecular weight is 224 g/mol. The molecule has 15 heavy (non-hydrogen) atoms. The summed E-state index contributed by atoms with van der Waals surface area (Å²) in [4.78, 5) is 5.40. The topological polar surface area (TPSA) is 38.9 Å². The summed E-state index contributed by atoms with van der Waals surface area (Å²) in [6.45, 7) is 0. The van der Waals surface area contributed by atoms with Crippen LogP contribution in [0.1, 0.15) is 43.4 Å². The van der Waals surface area contributed by atoms with Gasteiger partial charge in [0.25, 0.3) is 0 Å². The molecule has 0 radical (unpaired) electrons. The second-order valence-electron chi connectivity index (χ2n) is 4.66. The van der Waals surface area contributed by atoms with Crippen LogP contribution < -0.4 is 5.73 Å². The minimum atomic E-state index is 0.339. The summed E-state index contributed by atoms with van der Waals surface area (Å²) >= 11 is 1.72. The molecule has 0 aromatic carbocycles. The van der Waals surface area contributed by atoms with Gasteiger partial charge >= 0.3 is 0 Å². The summed E-state index contributed by atoms with van der Waals surface area (Å²) in [5.74, 6) is 0.970. The Kier molecular flexibility index (Phi) is 4.15. The molecule has 2 nitrogen and oxygen atoms in total. The third-order valence-corrected chi connectivity index (χ3v) is 4.17. The van der Waals surface area contributed by atoms with Crippen LogP contribution in [-0.4, -0.2) is 11.0 Å². The molecule has 1 heterocycles. The second kappa shape index (κ2) is 5.61. The largest absolute Gasteiger partial charge is 0.327 e. The number of thiazole rings is 1. The van der Waals surface area contributed by atoms with Crippen LogP contribution in [0.3, 0.4) is 0 Å². The first-order valence-electron chi connectivity index (χ1n) is 5.97.